The predicted molar refractivity (Wildman–Crippen MR) is 134 cm³/mol. The summed E-state index contributed by atoms with van der Waals surface area (Å²) < 4.78 is 24.0. The first-order chi connectivity index (χ1) is 16.8. The van der Waals surface area contributed by atoms with Crippen molar-refractivity contribution in [3.05, 3.63) is 52.9 Å². The number of hydrogen-bond donors (Lipinski definition) is 0. The van der Waals surface area contributed by atoms with Crippen LogP contribution < -0.4 is 5.69 Å². The fraction of sp³-hybridized carbons (Fsp3) is 0.609. The van der Waals surface area contributed by atoms with Gasteiger partial charge in [-0.15, -0.1) is 0 Å². The van der Waals surface area contributed by atoms with E-state index in [4.69, 9.17) is 20.4 Å². The maximum atomic E-state index is 13.0. The van der Waals surface area contributed by atoms with E-state index in [0.717, 1.165) is 0 Å². The van der Waals surface area contributed by atoms with Gasteiger partial charge >= 0.3 is 5.69 Å². The lowest BCUT2D eigenvalue weighted by Gasteiger charge is -2.37. The van der Waals surface area contributed by atoms with Crippen LogP contribution in [0, 0.1) is 6.57 Å². The highest BCUT2D eigenvalue weighted by Crippen LogP contribution is 2.50. The quantitative estimate of drug-likeness (QED) is 0.245. The first-order valence-corrected chi connectivity index (χ1v) is 12.9. The number of aromatic nitrogens is 5. The minimum atomic E-state index is -1.42. The Morgan fingerprint density at radius 2 is 2.14 bits per heavy atom. The molecular formula is C23H34N7O4P. The van der Waals surface area contributed by atoms with Crippen LogP contribution in [0.4, 0.5) is 0 Å². The molecule has 1 saturated heterocycles. The molecule has 0 aromatic carbocycles. The first kappa shape index (κ1) is 27.1. The van der Waals surface area contributed by atoms with Gasteiger partial charge in [-0.05, 0) is 34.1 Å². The van der Waals surface area contributed by atoms with Crippen molar-refractivity contribution < 1.29 is 13.8 Å². The molecule has 3 rings (SSSR count). The van der Waals surface area contributed by atoms with Gasteiger partial charge in [0, 0.05) is 30.3 Å². The normalized spacial score (nSPS) is 21.1. The standard InChI is InChI=1S/C23H34N7O4P/c1-8-18-13-28(23(31)27-22(18)29-15-25-14-26-29)21-12-20(19(9-2)33-21)34-35(32-11-10-24-7)30(16(3)4)17(5)6/h8,13-17,19-21H,1,9-12H2,2-6H3/t19-,20-,21-,35?/m1/s1. The summed E-state index contributed by atoms with van der Waals surface area (Å²) in [5.74, 6) is 0.359. The van der Waals surface area contributed by atoms with Crippen LogP contribution in [-0.2, 0) is 13.8 Å². The Labute approximate surface area is 207 Å². The van der Waals surface area contributed by atoms with Crippen molar-refractivity contribution in [2.45, 2.75) is 78.0 Å². The topological polar surface area (TPSA) is 101 Å². The lowest BCUT2D eigenvalue weighted by atomic mass is 10.1. The van der Waals surface area contributed by atoms with Crippen LogP contribution in [-0.4, -0.2) is 66.4 Å². The Balaban J connectivity index is 1.85. The highest BCUT2D eigenvalue weighted by Gasteiger charge is 2.40. The smallest absolute Gasteiger partial charge is 0.351 e. The highest BCUT2D eigenvalue weighted by atomic mass is 31.2. The van der Waals surface area contributed by atoms with Crippen LogP contribution in [0.3, 0.4) is 0 Å². The number of rotatable bonds is 12. The average molecular weight is 504 g/mol. The Bertz CT molecular complexity index is 1060. The zero-order chi connectivity index (χ0) is 25.5. The molecule has 1 aliphatic rings. The lowest BCUT2D eigenvalue weighted by Crippen LogP contribution is -2.35. The van der Waals surface area contributed by atoms with Crippen molar-refractivity contribution in [2.24, 2.45) is 0 Å². The third kappa shape index (κ3) is 6.40. The van der Waals surface area contributed by atoms with Gasteiger partial charge in [0.15, 0.2) is 5.82 Å². The van der Waals surface area contributed by atoms with E-state index < -0.39 is 20.4 Å². The van der Waals surface area contributed by atoms with Gasteiger partial charge < -0.3 is 18.6 Å². The fourth-order valence-electron chi connectivity index (χ4n) is 4.08. The molecule has 2 aromatic heterocycles. The second kappa shape index (κ2) is 12.5. The van der Waals surface area contributed by atoms with Crippen molar-refractivity contribution in [3.63, 3.8) is 0 Å². The summed E-state index contributed by atoms with van der Waals surface area (Å²) in [5.41, 5.74) is 0.176. The van der Waals surface area contributed by atoms with E-state index in [1.165, 1.54) is 21.9 Å². The van der Waals surface area contributed by atoms with Gasteiger partial charge in [-0.3, -0.25) is 4.57 Å². The zero-order valence-corrected chi connectivity index (χ0v) is 21.8. The maximum absolute atomic E-state index is 13.0. The second-order valence-electron chi connectivity index (χ2n) is 8.69. The van der Waals surface area contributed by atoms with Crippen molar-refractivity contribution in [1.29, 1.82) is 0 Å². The molecule has 3 heterocycles. The molecule has 4 atom stereocenters. The maximum Gasteiger partial charge on any atom is 0.351 e. The average Bonchev–Trinajstić information content (AvgIpc) is 3.48. The Kier molecular flexibility index (Phi) is 9.66. The Hall–Kier alpha value is -2.48. The zero-order valence-electron chi connectivity index (χ0n) is 20.9. The number of nitrogens with zero attached hydrogens (tertiary/aromatic N) is 7. The number of ether oxygens (including phenoxy) is 1. The molecular weight excluding hydrogens is 469 g/mol. The molecule has 1 unspecified atom stereocenters. The molecule has 11 nitrogen and oxygen atoms in total. The largest absolute Gasteiger partial charge is 0.352 e. The van der Waals surface area contributed by atoms with Gasteiger partial charge in [0.2, 0.25) is 6.54 Å². The van der Waals surface area contributed by atoms with Crippen molar-refractivity contribution in [2.75, 3.05) is 13.2 Å². The van der Waals surface area contributed by atoms with Crippen LogP contribution in [0.25, 0.3) is 16.7 Å². The molecule has 190 valence electrons. The molecule has 0 spiro atoms. The summed E-state index contributed by atoms with van der Waals surface area (Å²) in [7, 11) is -1.42. The molecule has 0 radical (unpaired) electrons. The molecule has 0 aliphatic carbocycles. The van der Waals surface area contributed by atoms with E-state index in [2.05, 4.69) is 58.9 Å². The summed E-state index contributed by atoms with van der Waals surface area (Å²) in [4.78, 5) is 24.5. The Morgan fingerprint density at radius 3 is 2.71 bits per heavy atom. The summed E-state index contributed by atoms with van der Waals surface area (Å²) in [5, 5.41) is 4.07. The lowest BCUT2D eigenvalue weighted by molar-refractivity contribution is -0.0200. The van der Waals surface area contributed by atoms with Crippen LogP contribution in [0.2, 0.25) is 0 Å². The summed E-state index contributed by atoms with van der Waals surface area (Å²) in [6.45, 7) is 21.9. The van der Waals surface area contributed by atoms with Crippen LogP contribution in [0.1, 0.15) is 59.3 Å². The van der Waals surface area contributed by atoms with Gasteiger partial charge in [0.25, 0.3) is 8.53 Å². The minimum absolute atomic E-state index is 0.193. The SMILES string of the molecule is [C-]#[N+]CCOP(O[C@@H]1C[C@H](n2cc(C=C)c(-n3cncn3)nc2=O)O[C@@H]1CC)N(C(C)C)C(C)C. The van der Waals surface area contributed by atoms with E-state index in [1.54, 1.807) is 12.3 Å². The summed E-state index contributed by atoms with van der Waals surface area (Å²) >= 11 is 0. The predicted octanol–water partition coefficient (Wildman–Crippen LogP) is 3.83. The van der Waals surface area contributed by atoms with E-state index in [1.807, 2.05) is 6.92 Å². The molecule has 0 amide bonds. The minimum Gasteiger partial charge on any atom is -0.352 e. The van der Waals surface area contributed by atoms with Crippen LogP contribution in [0.5, 0.6) is 0 Å². The molecule has 0 saturated carbocycles. The van der Waals surface area contributed by atoms with Crippen molar-refractivity contribution >= 4 is 14.6 Å². The molecule has 1 aliphatic heterocycles. The molecule has 12 heteroatoms. The van der Waals surface area contributed by atoms with E-state index in [0.29, 0.717) is 30.8 Å². The monoisotopic (exact) mass is 503 g/mol. The number of hydrogen-bond acceptors (Lipinski definition) is 8. The summed E-state index contributed by atoms with van der Waals surface area (Å²) in [6, 6.07) is 0.386. The molecule has 1 fully saturated rings. The van der Waals surface area contributed by atoms with E-state index in [9.17, 15) is 4.79 Å². The highest BCUT2D eigenvalue weighted by molar-refractivity contribution is 7.44. The Morgan fingerprint density at radius 1 is 1.40 bits per heavy atom. The summed E-state index contributed by atoms with van der Waals surface area (Å²) in [6.07, 6.45) is 6.30. The third-order valence-corrected chi connectivity index (χ3v) is 7.74. The van der Waals surface area contributed by atoms with Crippen LogP contribution >= 0.6 is 8.53 Å². The van der Waals surface area contributed by atoms with E-state index >= 15 is 0 Å². The molecule has 0 bridgehead atoms. The van der Waals surface area contributed by atoms with Gasteiger partial charge in [0.05, 0.1) is 12.2 Å². The van der Waals surface area contributed by atoms with Gasteiger partial charge in [0.1, 0.15) is 25.5 Å². The van der Waals surface area contributed by atoms with Gasteiger partial charge in [-0.25, -0.2) is 25.7 Å². The van der Waals surface area contributed by atoms with Crippen LogP contribution in [0.15, 0.2) is 30.2 Å². The van der Waals surface area contributed by atoms with Crippen molar-refractivity contribution in [1.82, 2.24) is 29.0 Å². The van der Waals surface area contributed by atoms with Gasteiger partial charge in [-0.2, -0.15) is 10.1 Å². The third-order valence-electron chi connectivity index (χ3n) is 5.58. The van der Waals surface area contributed by atoms with Crippen molar-refractivity contribution in [3.8, 4) is 5.82 Å². The second-order valence-corrected chi connectivity index (χ2v) is 10.1. The fourth-order valence-corrected chi connectivity index (χ4v) is 5.83. The van der Waals surface area contributed by atoms with Gasteiger partial charge in [-0.1, -0.05) is 19.6 Å². The molecule has 35 heavy (non-hydrogen) atoms. The van der Waals surface area contributed by atoms with E-state index in [-0.39, 0.29) is 30.8 Å². The molecule has 0 N–H and O–H groups in total. The molecule has 2 aromatic rings. The first-order valence-electron chi connectivity index (χ1n) is 11.8.